The van der Waals surface area contributed by atoms with Gasteiger partial charge in [0.25, 0.3) is 0 Å². The van der Waals surface area contributed by atoms with Crippen molar-refractivity contribution in [1.29, 1.82) is 0 Å². The normalized spacial score (nSPS) is 18.5. The molecule has 2 saturated carbocycles. The van der Waals surface area contributed by atoms with Crippen LogP contribution >= 0.6 is 7.14 Å². The van der Waals surface area contributed by atoms with Crippen molar-refractivity contribution < 1.29 is 4.57 Å². The quantitative estimate of drug-likeness (QED) is 0.113. The molecule has 3 unspecified atom stereocenters. The van der Waals surface area contributed by atoms with Crippen LogP contribution in [0.4, 0.5) is 0 Å². The Balaban J connectivity index is 1.04. The summed E-state index contributed by atoms with van der Waals surface area (Å²) in [6, 6.07) is 64.9. The number of aromatic nitrogens is 3. The molecule has 1 aromatic heterocycles. The molecule has 0 amide bonds. The first-order chi connectivity index (χ1) is 29.8. The second kappa shape index (κ2) is 14.9. The fraction of sp³-hybridized carbons (Fsp3) is 0.161. The average molecular weight is 808 g/mol. The largest absolute Gasteiger partial charge is 0.319 e. The topological polar surface area (TPSA) is 55.7 Å². The smallest absolute Gasteiger partial charge is 0.165 e. The van der Waals surface area contributed by atoms with Crippen LogP contribution in [0.3, 0.4) is 0 Å². The van der Waals surface area contributed by atoms with Gasteiger partial charge in [0.1, 0.15) is 7.14 Å². The van der Waals surface area contributed by atoms with E-state index in [-0.39, 0.29) is 5.41 Å². The zero-order valence-electron chi connectivity index (χ0n) is 34.5. The third kappa shape index (κ3) is 6.53. The van der Waals surface area contributed by atoms with Crippen molar-refractivity contribution >= 4 is 34.0 Å². The number of fused-ring (bicyclic) bond motifs is 4. The van der Waals surface area contributed by atoms with Gasteiger partial charge in [-0.3, -0.25) is 0 Å². The van der Waals surface area contributed by atoms with Gasteiger partial charge in [-0.25, -0.2) is 15.0 Å². The number of benzene rings is 8. The van der Waals surface area contributed by atoms with Gasteiger partial charge in [-0.2, -0.15) is 0 Å². The SMILES string of the molecule is CP(C)(=O)c1cccc(-c2ccc(C3(c4ccc(-c5nc(-c6ccccc6)nc(-c6c7ccccc7c(-c7ccccc7)c7ccccc67)n5)cc4)CC4CCC3C4)cc2)c1. The van der Waals surface area contributed by atoms with E-state index in [1.165, 1.54) is 52.3 Å². The van der Waals surface area contributed by atoms with Crippen LogP contribution in [0.5, 0.6) is 0 Å². The molecular formula is C56H46N3OP. The molecule has 2 fully saturated rings. The molecule has 0 N–H and O–H groups in total. The van der Waals surface area contributed by atoms with E-state index in [0.717, 1.165) is 56.2 Å². The predicted octanol–water partition coefficient (Wildman–Crippen LogP) is 13.9. The van der Waals surface area contributed by atoms with Gasteiger partial charge in [-0.15, -0.1) is 0 Å². The maximum absolute atomic E-state index is 12.9. The van der Waals surface area contributed by atoms with E-state index in [1.807, 2.05) is 43.7 Å². The minimum atomic E-state index is -2.36. The first kappa shape index (κ1) is 37.5. The molecule has 0 spiro atoms. The van der Waals surface area contributed by atoms with Gasteiger partial charge in [0.2, 0.25) is 0 Å². The Labute approximate surface area is 357 Å². The molecule has 9 aromatic rings. The number of rotatable bonds is 8. The second-order valence-corrected chi connectivity index (χ2v) is 20.7. The highest BCUT2D eigenvalue weighted by molar-refractivity contribution is 7.70. The Hall–Kier alpha value is -6.48. The summed E-state index contributed by atoms with van der Waals surface area (Å²) in [6.45, 7) is 3.69. The van der Waals surface area contributed by atoms with E-state index in [4.69, 9.17) is 15.0 Å². The minimum absolute atomic E-state index is 0.0534. The Kier molecular flexibility index (Phi) is 9.17. The van der Waals surface area contributed by atoms with Crippen LogP contribution in [0.2, 0.25) is 0 Å². The molecule has 8 aromatic carbocycles. The molecular weight excluding hydrogens is 762 g/mol. The molecule has 296 valence electrons. The van der Waals surface area contributed by atoms with Crippen LogP contribution < -0.4 is 5.30 Å². The van der Waals surface area contributed by atoms with Crippen LogP contribution in [0, 0.1) is 11.8 Å². The first-order valence-electron chi connectivity index (χ1n) is 21.5. The monoisotopic (exact) mass is 807 g/mol. The summed E-state index contributed by atoms with van der Waals surface area (Å²) in [5.74, 6) is 3.31. The molecule has 2 bridgehead atoms. The van der Waals surface area contributed by atoms with E-state index < -0.39 is 7.14 Å². The average Bonchev–Trinajstić information content (AvgIpc) is 3.94. The molecule has 3 atom stereocenters. The van der Waals surface area contributed by atoms with Gasteiger partial charge >= 0.3 is 0 Å². The lowest BCUT2D eigenvalue weighted by Crippen LogP contribution is -2.34. The molecule has 0 saturated heterocycles. The number of nitrogens with zero attached hydrogens (tertiary/aromatic N) is 3. The van der Waals surface area contributed by atoms with E-state index in [9.17, 15) is 4.57 Å². The van der Waals surface area contributed by atoms with Gasteiger partial charge in [-0.1, -0.05) is 182 Å². The Morgan fingerprint density at radius 1 is 0.459 bits per heavy atom. The van der Waals surface area contributed by atoms with E-state index in [1.54, 1.807) is 0 Å². The molecule has 5 heteroatoms. The third-order valence-electron chi connectivity index (χ3n) is 13.6. The summed E-state index contributed by atoms with van der Waals surface area (Å²) in [4.78, 5) is 15.8. The van der Waals surface area contributed by atoms with Crippen LogP contribution in [0.1, 0.15) is 36.8 Å². The molecule has 2 aliphatic rings. The van der Waals surface area contributed by atoms with E-state index in [2.05, 4.69) is 152 Å². The van der Waals surface area contributed by atoms with Crippen LogP contribution in [-0.4, -0.2) is 28.3 Å². The molecule has 0 radical (unpaired) electrons. The van der Waals surface area contributed by atoms with Gasteiger partial charge < -0.3 is 4.57 Å². The predicted molar refractivity (Wildman–Crippen MR) is 254 cm³/mol. The van der Waals surface area contributed by atoms with Crippen LogP contribution in [0.25, 0.3) is 78.0 Å². The highest BCUT2D eigenvalue weighted by Crippen LogP contribution is 2.60. The standard InChI is InChI=1S/C56H46N3OP/c1-61(2,60)46-19-13-18-42(35-46)38-25-30-43(31-26-38)56(36-37-24-29-45(56)34-37)44-32-27-41(28-33-44)54-57-53(40-16-7-4-8-17-40)58-55(59-54)52-49-22-11-9-20-47(49)51(39-14-5-3-6-15-39)48-21-10-12-23-50(48)52/h3-23,25-28,30-33,35,37,45H,24,29,34,36H2,1-2H3. The van der Waals surface area contributed by atoms with Gasteiger partial charge in [0.15, 0.2) is 17.5 Å². The molecule has 4 nitrogen and oxygen atoms in total. The van der Waals surface area contributed by atoms with E-state index in [0.29, 0.717) is 23.4 Å². The third-order valence-corrected chi connectivity index (χ3v) is 15.1. The molecule has 11 rings (SSSR count). The molecule has 2 aliphatic carbocycles. The highest BCUT2D eigenvalue weighted by atomic mass is 31.2. The van der Waals surface area contributed by atoms with Crippen molar-refractivity contribution in [2.24, 2.45) is 11.8 Å². The Morgan fingerprint density at radius 2 is 0.934 bits per heavy atom. The number of hydrogen-bond acceptors (Lipinski definition) is 4. The number of hydrogen-bond donors (Lipinski definition) is 0. The van der Waals surface area contributed by atoms with Crippen LogP contribution in [-0.2, 0) is 9.98 Å². The maximum Gasteiger partial charge on any atom is 0.165 e. The van der Waals surface area contributed by atoms with Crippen molar-refractivity contribution in [2.45, 2.75) is 31.1 Å². The zero-order valence-corrected chi connectivity index (χ0v) is 35.4. The Bertz CT molecular complexity index is 3080. The minimum Gasteiger partial charge on any atom is -0.319 e. The zero-order chi connectivity index (χ0) is 41.1. The van der Waals surface area contributed by atoms with Crippen molar-refractivity contribution in [3.63, 3.8) is 0 Å². The summed E-state index contributed by atoms with van der Waals surface area (Å²) >= 11 is 0. The van der Waals surface area contributed by atoms with Crippen molar-refractivity contribution in [3.8, 4) is 56.4 Å². The summed E-state index contributed by atoms with van der Waals surface area (Å²) in [7, 11) is -2.36. The first-order valence-corrected chi connectivity index (χ1v) is 24.1. The fourth-order valence-electron chi connectivity index (χ4n) is 10.7. The van der Waals surface area contributed by atoms with Gasteiger partial charge in [0, 0.05) is 27.4 Å². The fourth-order valence-corrected chi connectivity index (χ4v) is 11.6. The van der Waals surface area contributed by atoms with Gasteiger partial charge in [0.05, 0.1) is 0 Å². The van der Waals surface area contributed by atoms with Crippen molar-refractivity contribution in [2.75, 3.05) is 13.3 Å². The lowest BCUT2D eigenvalue weighted by atomic mass is 9.64. The summed E-state index contributed by atoms with van der Waals surface area (Å²) in [5.41, 5.74) is 10.3. The highest BCUT2D eigenvalue weighted by Gasteiger charge is 2.52. The molecule has 1 heterocycles. The maximum atomic E-state index is 12.9. The molecule has 61 heavy (non-hydrogen) atoms. The van der Waals surface area contributed by atoms with Gasteiger partial charge in [-0.05, 0) is 105 Å². The van der Waals surface area contributed by atoms with Crippen molar-refractivity contribution in [1.82, 2.24) is 15.0 Å². The lowest BCUT2D eigenvalue weighted by molar-refractivity contribution is 0.320. The molecule has 0 aliphatic heterocycles. The van der Waals surface area contributed by atoms with E-state index >= 15 is 0 Å². The van der Waals surface area contributed by atoms with Crippen molar-refractivity contribution in [3.05, 3.63) is 193 Å². The summed E-state index contributed by atoms with van der Waals surface area (Å²) in [5, 5.41) is 5.47. The second-order valence-electron chi connectivity index (χ2n) is 17.5. The summed E-state index contributed by atoms with van der Waals surface area (Å²) < 4.78 is 12.9. The summed E-state index contributed by atoms with van der Waals surface area (Å²) in [6.07, 6.45) is 5.00. The Morgan fingerprint density at radius 3 is 1.46 bits per heavy atom. The van der Waals surface area contributed by atoms with Crippen LogP contribution in [0.15, 0.2) is 182 Å². The lowest BCUT2D eigenvalue weighted by Gasteiger charge is -2.39.